The Kier molecular flexibility index (Phi) is 9.27. The quantitative estimate of drug-likeness (QED) is 0.521. The molecule has 0 fully saturated rings. The number of halogens is 3. The van der Waals surface area contributed by atoms with Crippen molar-refractivity contribution < 1.29 is 14.3 Å². The zero-order valence-electron chi connectivity index (χ0n) is 16.3. The van der Waals surface area contributed by atoms with E-state index in [9.17, 15) is 9.59 Å². The van der Waals surface area contributed by atoms with Gasteiger partial charge in [0.05, 0.1) is 4.47 Å². The molecular weight excluding hydrogens is 479 g/mol. The van der Waals surface area contributed by atoms with Crippen molar-refractivity contribution in [1.82, 2.24) is 10.2 Å². The third-order valence-corrected chi connectivity index (χ3v) is 5.35. The predicted molar refractivity (Wildman–Crippen MR) is 119 cm³/mol. The molecule has 29 heavy (non-hydrogen) atoms. The minimum Gasteiger partial charge on any atom is -0.483 e. The third kappa shape index (κ3) is 6.91. The molecule has 156 valence electrons. The molecule has 0 aromatic heterocycles. The van der Waals surface area contributed by atoms with E-state index in [1.165, 1.54) is 4.90 Å². The monoisotopic (exact) mass is 500 g/mol. The van der Waals surface area contributed by atoms with Gasteiger partial charge in [0.1, 0.15) is 11.8 Å². The molecule has 2 amide bonds. The van der Waals surface area contributed by atoms with Crippen LogP contribution in [0, 0.1) is 0 Å². The number of nitrogens with zero attached hydrogens (tertiary/aromatic N) is 1. The molecule has 2 aromatic rings. The summed E-state index contributed by atoms with van der Waals surface area (Å²) in [6, 6.07) is 11.6. The second kappa shape index (κ2) is 11.4. The molecule has 1 N–H and O–H groups in total. The zero-order chi connectivity index (χ0) is 21.4. The second-order valence-electron chi connectivity index (χ2n) is 6.33. The molecule has 2 aromatic carbocycles. The number of carbonyl (C=O) groups excluding carboxylic acids is 2. The lowest BCUT2D eigenvalue weighted by Gasteiger charge is -2.30. The van der Waals surface area contributed by atoms with Gasteiger partial charge < -0.3 is 15.0 Å². The smallest absolute Gasteiger partial charge is 0.261 e. The van der Waals surface area contributed by atoms with Crippen molar-refractivity contribution in [3.05, 3.63) is 62.5 Å². The van der Waals surface area contributed by atoms with Crippen LogP contribution in [0.3, 0.4) is 0 Å². The van der Waals surface area contributed by atoms with Crippen LogP contribution in [0.25, 0.3) is 0 Å². The highest BCUT2D eigenvalue weighted by Crippen LogP contribution is 2.28. The van der Waals surface area contributed by atoms with E-state index in [4.69, 9.17) is 27.9 Å². The zero-order valence-corrected chi connectivity index (χ0v) is 19.4. The van der Waals surface area contributed by atoms with Gasteiger partial charge in [0.25, 0.3) is 5.91 Å². The van der Waals surface area contributed by atoms with Gasteiger partial charge >= 0.3 is 0 Å². The molecule has 0 bridgehead atoms. The van der Waals surface area contributed by atoms with Crippen molar-refractivity contribution in [2.45, 2.75) is 32.9 Å². The maximum absolute atomic E-state index is 13.0. The van der Waals surface area contributed by atoms with Crippen molar-refractivity contribution in [2.24, 2.45) is 0 Å². The Morgan fingerprint density at radius 2 is 1.76 bits per heavy atom. The molecule has 5 nitrogen and oxygen atoms in total. The topological polar surface area (TPSA) is 58.6 Å². The van der Waals surface area contributed by atoms with Gasteiger partial charge in [0, 0.05) is 23.1 Å². The van der Waals surface area contributed by atoms with Gasteiger partial charge in [-0.25, -0.2) is 0 Å². The second-order valence-corrected chi connectivity index (χ2v) is 8.06. The molecule has 0 spiro atoms. The van der Waals surface area contributed by atoms with Gasteiger partial charge in [-0.15, -0.1) is 0 Å². The van der Waals surface area contributed by atoms with Crippen LogP contribution in [0.1, 0.15) is 25.8 Å². The van der Waals surface area contributed by atoms with Crippen LogP contribution in [-0.4, -0.2) is 35.9 Å². The first-order valence-electron chi connectivity index (χ1n) is 9.25. The average molecular weight is 502 g/mol. The largest absolute Gasteiger partial charge is 0.483 e. The van der Waals surface area contributed by atoms with Crippen LogP contribution < -0.4 is 10.1 Å². The van der Waals surface area contributed by atoms with Crippen molar-refractivity contribution in [3.63, 3.8) is 0 Å². The molecule has 0 aliphatic rings. The van der Waals surface area contributed by atoms with Gasteiger partial charge in [-0.05, 0) is 65.2 Å². The predicted octanol–water partition coefficient (Wildman–Crippen LogP) is 5.08. The highest BCUT2D eigenvalue weighted by molar-refractivity contribution is 9.10. The van der Waals surface area contributed by atoms with Crippen LogP contribution in [0.4, 0.5) is 0 Å². The van der Waals surface area contributed by atoms with E-state index in [-0.39, 0.29) is 25.0 Å². The molecule has 0 heterocycles. The van der Waals surface area contributed by atoms with Crippen molar-refractivity contribution >= 4 is 50.9 Å². The summed E-state index contributed by atoms with van der Waals surface area (Å²) in [5.74, 6) is 0.0186. The Morgan fingerprint density at radius 3 is 2.34 bits per heavy atom. The van der Waals surface area contributed by atoms with E-state index < -0.39 is 6.04 Å². The number of rotatable bonds is 9. The first-order chi connectivity index (χ1) is 13.8. The number of ether oxygens (including phenoxy) is 1. The maximum atomic E-state index is 13.0. The summed E-state index contributed by atoms with van der Waals surface area (Å²) >= 11 is 15.3. The fourth-order valence-electron chi connectivity index (χ4n) is 2.81. The summed E-state index contributed by atoms with van der Waals surface area (Å²) < 4.78 is 6.33. The van der Waals surface area contributed by atoms with E-state index in [1.54, 1.807) is 30.3 Å². The van der Waals surface area contributed by atoms with Gasteiger partial charge in [-0.1, -0.05) is 42.3 Å². The molecule has 0 radical (unpaired) electrons. The van der Waals surface area contributed by atoms with Gasteiger partial charge in [-0.3, -0.25) is 9.59 Å². The third-order valence-electron chi connectivity index (χ3n) is 4.25. The highest BCUT2D eigenvalue weighted by atomic mass is 79.9. The molecule has 0 unspecified atom stereocenters. The molecule has 8 heteroatoms. The average Bonchev–Trinajstić information content (AvgIpc) is 2.68. The molecule has 1 atom stereocenters. The summed E-state index contributed by atoms with van der Waals surface area (Å²) in [7, 11) is 0. The Morgan fingerprint density at radius 1 is 1.10 bits per heavy atom. The molecular formula is C21H23BrCl2N2O3. The van der Waals surface area contributed by atoms with E-state index in [0.29, 0.717) is 33.2 Å². The number of carbonyl (C=O) groups is 2. The fourth-order valence-corrected chi connectivity index (χ4v) is 3.74. The van der Waals surface area contributed by atoms with E-state index >= 15 is 0 Å². The van der Waals surface area contributed by atoms with Crippen LogP contribution >= 0.6 is 39.1 Å². The normalized spacial score (nSPS) is 11.6. The van der Waals surface area contributed by atoms with Gasteiger partial charge in [0.15, 0.2) is 6.61 Å². The minimum absolute atomic E-state index is 0.190. The van der Waals surface area contributed by atoms with Crippen molar-refractivity contribution in [2.75, 3.05) is 13.2 Å². The van der Waals surface area contributed by atoms with Crippen LogP contribution in [0.5, 0.6) is 5.75 Å². The summed E-state index contributed by atoms with van der Waals surface area (Å²) in [6.07, 6.45) is 0.482. The number of nitrogens with one attached hydrogen (secondary N) is 1. The highest BCUT2D eigenvalue weighted by Gasteiger charge is 2.28. The number of benzene rings is 2. The van der Waals surface area contributed by atoms with Crippen LogP contribution in [0.2, 0.25) is 10.0 Å². The number of hydrogen-bond acceptors (Lipinski definition) is 3. The van der Waals surface area contributed by atoms with E-state index in [1.807, 2.05) is 26.0 Å². The lowest BCUT2D eigenvalue weighted by molar-refractivity contribution is -0.142. The lowest BCUT2D eigenvalue weighted by atomic mass is 10.1. The maximum Gasteiger partial charge on any atom is 0.261 e. The molecule has 0 aliphatic carbocycles. The first-order valence-corrected chi connectivity index (χ1v) is 10.8. The number of hydrogen-bond donors (Lipinski definition) is 1. The van der Waals surface area contributed by atoms with Crippen LogP contribution in [-0.2, 0) is 16.1 Å². The van der Waals surface area contributed by atoms with Crippen molar-refractivity contribution in [3.8, 4) is 5.75 Å². The summed E-state index contributed by atoms with van der Waals surface area (Å²) in [5, 5.41) is 3.97. The fraction of sp³-hybridized carbons (Fsp3) is 0.333. The SMILES string of the molecule is CCNC(=O)[C@H](CC)N(Cc1ccc(Cl)cc1)C(=O)COc1ccc(Cl)cc1Br. The minimum atomic E-state index is -0.601. The first kappa shape index (κ1) is 23.5. The molecule has 0 saturated carbocycles. The Bertz CT molecular complexity index is 846. The van der Waals surface area contributed by atoms with E-state index in [0.717, 1.165) is 5.56 Å². The number of likely N-dealkylation sites (N-methyl/N-ethyl adjacent to an activating group) is 1. The standard InChI is InChI=1S/C21H23BrCl2N2O3/c1-3-18(21(28)25-4-2)26(12-14-5-7-15(23)8-6-14)20(27)13-29-19-10-9-16(24)11-17(19)22/h5-11,18H,3-4,12-13H2,1-2H3,(H,25,28)/t18-/m0/s1. The van der Waals surface area contributed by atoms with Crippen LogP contribution in [0.15, 0.2) is 46.9 Å². The summed E-state index contributed by atoms with van der Waals surface area (Å²) in [5.41, 5.74) is 0.873. The molecule has 0 aliphatic heterocycles. The number of amides is 2. The lowest BCUT2D eigenvalue weighted by Crippen LogP contribution is -2.50. The summed E-state index contributed by atoms with van der Waals surface area (Å²) in [6.45, 7) is 4.28. The Hall–Kier alpha value is -1.76. The Balaban J connectivity index is 2.20. The van der Waals surface area contributed by atoms with E-state index in [2.05, 4.69) is 21.2 Å². The summed E-state index contributed by atoms with van der Waals surface area (Å²) in [4.78, 5) is 27.1. The molecule has 2 rings (SSSR count). The van der Waals surface area contributed by atoms with Crippen molar-refractivity contribution in [1.29, 1.82) is 0 Å². The molecule has 0 saturated heterocycles. The van der Waals surface area contributed by atoms with Gasteiger partial charge in [-0.2, -0.15) is 0 Å². The Labute approximate surface area is 189 Å². The van der Waals surface area contributed by atoms with Gasteiger partial charge in [0.2, 0.25) is 5.91 Å².